The quantitative estimate of drug-likeness (QED) is 0.639. The third kappa shape index (κ3) is 1.92. The van der Waals surface area contributed by atoms with E-state index in [0.717, 1.165) is 33.4 Å². The molecule has 3 rings (SSSR count). The number of phenols is 1. The van der Waals surface area contributed by atoms with E-state index >= 15 is 0 Å². The summed E-state index contributed by atoms with van der Waals surface area (Å²) in [5.41, 5.74) is 6.38. The predicted molar refractivity (Wildman–Crippen MR) is 85.7 cm³/mol. The van der Waals surface area contributed by atoms with Gasteiger partial charge in [-0.1, -0.05) is 18.2 Å². The normalized spacial score (nSPS) is 16.6. The fourth-order valence-corrected chi connectivity index (χ4v) is 3.13. The molecule has 0 radical (unpaired) electrons. The first-order chi connectivity index (χ1) is 10.3. The maximum absolute atomic E-state index is 12.5. The summed E-state index contributed by atoms with van der Waals surface area (Å²) in [5.74, 6) is 0.137. The van der Waals surface area contributed by atoms with Gasteiger partial charge in [0.15, 0.2) is 0 Å². The van der Waals surface area contributed by atoms with Gasteiger partial charge in [-0.05, 0) is 68.0 Å². The van der Waals surface area contributed by atoms with E-state index in [4.69, 9.17) is 4.74 Å². The lowest BCUT2D eigenvalue weighted by molar-refractivity contribution is -0.133. The van der Waals surface area contributed by atoms with Crippen molar-refractivity contribution in [3.8, 4) is 11.5 Å². The summed E-state index contributed by atoms with van der Waals surface area (Å²) in [7, 11) is 0. The molecule has 1 heterocycles. The van der Waals surface area contributed by atoms with Crippen molar-refractivity contribution in [1.29, 1.82) is 0 Å². The van der Waals surface area contributed by atoms with Gasteiger partial charge in [0.2, 0.25) is 0 Å². The maximum Gasteiger partial charge on any atom is 0.323 e. The van der Waals surface area contributed by atoms with Crippen molar-refractivity contribution in [2.24, 2.45) is 0 Å². The number of benzene rings is 2. The summed E-state index contributed by atoms with van der Waals surface area (Å²) in [4.78, 5) is 12.5. The number of phenolic OH excluding ortho intramolecular Hbond substituents is 1. The number of hydrogen-bond donors (Lipinski definition) is 1. The van der Waals surface area contributed by atoms with Gasteiger partial charge in [0.05, 0.1) is 0 Å². The lowest BCUT2D eigenvalue weighted by Crippen LogP contribution is -2.12. The lowest BCUT2D eigenvalue weighted by Gasteiger charge is -2.15. The van der Waals surface area contributed by atoms with Gasteiger partial charge in [0.1, 0.15) is 17.4 Å². The van der Waals surface area contributed by atoms with Crippen molar-refractivity contribution in [3.63, 3.8) is 0 Å². The molecule has 114 valence electrons. The number of carbonyl (C=O) groups excluding carboxylic acids is 1. The topological polar surface area (TPSA) is 46.5 Å². The van der Waals surface area contributed by atoms with E-state index in [2.05, 4.69) is 0 Å². The van der Waals surface area contributed by atoms with Crippen LogP contribution in [-0.4, -0.2) is 11.1 Å². The minimum absolute atomic E-state index is 0.253. The van der Waals surface area contributed by atoms with Crippen molar-refractivity contribution >= 4 is 5.97 Å². The zero-order valence-electron chi connectivity index (χ0n) is 13.6. The van der Waals surface area contributed by atoms with Gasteiger partial charge in [-0.15, -0.1) is 0 Å². The van der Waals surface area contributed by atoms with Crippen molar-refractivity contribution in [2.45, 2.75) is 40.5 Å². The molecule has 0 aliphatic carbocycles. The Balaban J connectivity index is 2.26. The number of hydrogen-bond acceptors (Lipinski definition) is 3. The van der Waals surface area contributed by atoms with E-state index in [1.807, 2.05) is 52.8 Å². The van der Waals surface area contributed by atoms with Crippen LogP contribution in [0, 0.1) is 34.6 Å². The summed E-state index contributed by atoms with van der Waals surface area (Å²) in [6.45, 7) is 9.64. The zero-order valence-corrected chi connectivity index (χ0v) is 13.6. The Hall–Kier alpha value is -2.29. The van der Waals surface area contributed by atoms with Gasteiger partial charge in [-0.2, -0.15) is 0 Å². The Labute approximate surface area is 130 Å². The Morgan fingerprint density at radius 3 is 2.27 bits per heavy atom. The summed E-state index contributed by atoms with van der Waals surface area (Å²) >= 11 is 0. The molecule has 0 spiro atoms. The van der Waals surface area contributed by atoms with Gasteiger partial charge < -0.3 is 9.84 Å². The van der Waals surface area contributed by atoms with Crippen molar-refractivity contribution in [2.75, 3.05) is 0 Å². The largest absolute Gasteiger partial charge is 0.507 e. The third-order valence-corrected chi connectivity index (χ3v) is 4.85. The van der Waals surface area contributed by atoms with E-state index in [1.54, 1.807) is 0 Å². The highest BCUT2D eigenvalue weighted by molar-refractivity contribution is 5.91. The molecule has 2 aromatic carbocycles. The maximum atomic E-state index is 12.5. The fraction of sp³-hybridized carbons (Fsp3) is 0.316. The second-order valence-corrected chi connectivity index (χ2v) is 6.16. The summed E-state index contributed by atoms with van der Waals surface area (Å²) < 4.78 is 5.54. The van der Waals surface area contributed by atoms with Crippen LogP contribution < -0.4 is 4.74 Å². The van der Waals surface area contributed by atoms with Crippen LogP contribution in [0.2, 0.25) is 0 Å². The van der Waals surface area contributed by atoms with Crippen LogP contribution in [0.15, 0.2) is 18.2 Å². The van der Waals surface area contributed by atoms with Gasteiger partial charge in [-0.25, -0.2) is 0 Å². The molecule has 0 fully saturated rings. The number of carbonyl (C=O) groups is 1. The lowest BCUT2D eigenvalue weighted by atomic mass is 9.86. The molecule has 1 aliphatic heterocycles. The number of aryl methyl sites for hydroxylation is 2. The van der Waals surface area contributed by atoms with E-state index in [9.17, 15) is 9.90 Å². The molecule has 1 aliphatic rings. The molecule has 3 heteroatoms. The first kappa shape index (κ1) is 14.6. The third-order valence-electron chi connectivity index (χ3n) is 4.85. The number of fused-ring (bicyclic) bond motifs is 1. The van der Waals surface area contributed by atoms with E-state index in [1.165, 1.54) is 5.56 Å². The van der Waals surface area contributed by atoms with Crippen molar-refractivity contribution in [1.82, 2.24) is 0 Å². The number of ether oxygens (including phenoxy) is 1. The Morgan fingerprint density at radius 1 is 0.955 bits per heavy atom. The highest BCUT2D eigenvalue weighted by Crippen LogP contribution is 2.47. The Kier molecular flexibility index (Phi) is 3.24. The van der Waals surface area contributed by atoms with Crippen molar-refractivity contribution in [3.05, 3.63) is 57.1 Å². The van der Waals surface area contributed by atoms with Crippen LogP contribution in [0.5, 0.6) is 11.5 Å². The number of rotatable bonds is 1. The van der Waals surface area contributed by atoms with Gasteiger partial charge in [-0.3, -0.25) is 4.79 Å². The minimum atomic E-state index is -0.459. The van der Waals surface area contributed by atoms with Gasteiger partial charge >= 0.3 is 5.97 Å². The standard InChI is InChI=1S/C19H20O3/c1-9-6-7-14(8-10(9)2)16-15-13(5)17(20)11(3)12(4)18(15)22-19(16)21/h6-8,16,20H,1-5H3. The Morgan fingerprint density at radius 2 is 1.64 bits per heavy atom. The molecule has 1 N–H and O–H groups in total. The summed E-state index contributed by atoms with van der Waals surface area (Å²) in [6.07, 6.45) is 0. The first-order valence-corrected chi connectivity index (χ1v) is 7.44. The van der Waals surface area contributed by atoms with E-state index in [0.29, 0.717) is 5.75 Å². The number of aromatic hydroxyl groups is 1. The van der Waals surface area contributed by atoms with Crippen LogP contribution in [0.1, 0.15) is 44.9 Å². The van der Waals surface area contributed by atoms with Crippen LogP contribution in [0.4, 0.5) is 0 Å². The van der Waals surface area contributed by atoms with Gasteiger partial charge in [0.25, 0.3) is 0 Å². The Bertz CT molecular complexity index is 803. The first-order valence-electron chi connectivity index (χ1n) is 7.44. The molecule has 0 amide bonds. The average molecular weight is 296 g/mol. The number of esters is 1. The molecule has 0 saturated heterocycles. The zero-order chi connectivity index (χ0) is 16.2. The van der Waals surface area contributed by atoms with Crippen LogP contribution in [0.25, 0.3) is 0 Å². The molecule has 0 bridgehead atoms. The summed E-state index contributed by atoms with van der Waals surface area (Å²) in [5, 5.41) is 10.3. The van der Waals surface area contributed by atoms with Crippen LogP contribution in [0.3, 0.4) is 0 Å². The second-order valence-electron chi connectivity index (χ2n) is 6.16. The fourth-order valence-electron chi connectivity index (χ4n) is 3.13. The highest BCUT2D eigenvalue weighted by atomic mass is 16.5. The SMILES string of the molecule is Cc1ccc(C2C(=O)Oc3c(C)c(C)c(O)c(C)c32)cc1C. The van der Waals surface area contributed by atoms with Crippen LogP contribution in [-0.2, 0) is 4.79 Å². The monoisotopic (exact) mass is 296 g/mol. The average Bonchev–Trinajstić information content (AvgIpc) is 2.83. The molecule has 3 nitrogen and oxygen atoms in total. The predicted octanol–water partition coefficient (Wildman–Crippen LogP) is 3.99. The molecule has 0 aromatic heterocycles. The highest BCUT2D eigenvalue weighted by Gasteiger charge is 2.38. The molecule has 2 aromatic rings. The van der Waals surface area contributed by atoms with Crippen molar-refractivity contribution < 1.29 is 14.6 Å². The molecule has 1 atom stereocenters. The molecular weight excluding hydrogens is 276 g/mol. The van der Waals surface area contributed by atoms with E-state index in [-0.39, 0.29) is 11.7 Å². The second kappa shape index (κ2) is 4.87. The van der Waals surface area contributed by atoms with Gasteiger partial charge in [0, 0.05) is 5.56 Å². The molecule has 22 heavy (non-hydrogen) atoms. The molecular formula is C19H20O3. The van der Waals surface area contributed by atoms with Crippen LogP contribution >= 0.6 is 0 Å². The summed E-state index contributed by atoms with van der Waals surface area (Å²) in [6, 6.07) is 6.02. The molecule has 1 unspecified atom stereocenters. The van der Waals surface area contributed by atoms with E-state index < -0.39 is 5.92 Å². The smallest absolute Gasteiger partial charge is 0.323 e. The molecule has 0 saturated carbocycles. The minimum Gasteiger partial charge on any atom is -0.507 e.